The molecule has 2 aromatic heterocycles. The number of carbonyl (C=O) groups is 1. The third-order valence-electron chi connectivity index (χ3n) is 5.19. The van der Waals surface area contributed by atoms with E-state index in [4.69, 9.17) is 11.6 Å². The number of hydrogen-bond acceptors (Lipinski definition) is 3. The van der Waals surface area contributed by atoms with Gasteiger partial charge in [0.2, 0.25) is 0 Å². The van der Waals surface area contributed by atoms with Crippen LogP contribution >= 0.6 is 11.6 Å². The Balaban J connectivity index is 1.38. The third-order valence-corrected chi connectivity index (χ3v) is 5.74. The van der Waals surface area contributed by atoms with E-state index in [1.54, 1.807) is 18.2 Å². The molecule has 31 heavy (non-hydrogen) atoms. The average molecular weight is 434 g/mol. The summed E-state index contributed by atoms with van der Waals surface area (Å²) in [7, 11) is 0. The molecule has 0 aliphatic rings. The average Bonchev–Trinajstić information content (AvgIpc) is 3.29. The minimum Gasteiger partial charge on any atom is -0.305 e. The molecule has 0 bridgehead atoms. The first-order valence-corrected chi connectivity index (χ1v) is 10.5. The molecule has 1 amide bonds. The van der Waals surface area contributed by atoms with Crippen LogP contribution in [0, 0.1) is 20.8 Å². The molecule has 0 aliphatic heterocycles. The minimum absolute atomic E-state index is 0.193. The highest BCUT2D eigenvalue weighted by atomic mass is 35.5. The van der Waals surface area contributed by atoms with Gasteiger partial charge in [0.1, 0.15) is 0 Å². The Bertz CT molecular complexity index is 1210. The molecule has 0 saturated carbocycles. The first-order chi connectivity index (χ1) is 14.9. The van der Waals surface area contributed by atoms with Gasteiger partial charge in [0.05, 0.1) is 29.5 Å². The van der Waals surface area contributed by atoms with Gasteiger partial charge >= 0.3 is 0 Å². The van der Waals surface area contributed by atoms with Gasteiger partial charge in [-0.25, -0.2) is 0 Å². The normalized spacial score (nSPS) is 11.0. The molecule has 7 heteroatoms. The second-order valence-electron chi connectivity index (χ2n) is 7.68. The van der Waals surface area contributed by atoms with E-state index in [0.717, 1.165) is 22.5 Å². The largest absolute Gasteiger partial charge is 0.305 e. The van der Waals surface area contributed by atoms with Crippen molar-refractivity contribution in [3.63, 3.8) is 0 Å². The molecule has 4 aromatic rings. The van der Waals surface area contributed by atoms with E-state index < -0.39 is 0 Å². The molecule has 0 radical (unpaired) electrons. The van der Waals surface area contributed by atoms with Crippen molar-refractivity contribution >= 4 is 23.3 Å². The number of hydrogen-bond donors (Lipinski definition) is 1. The SMILES string of the molecule is Cc1ccc(Cn2ccc(NC(=O)c3ccc(Cn4nc(C)c(Cl)c4C)cc3)n2)cc1. The van der Waals surface area contributed by atoms with Crippen LogP contribution in [0.2, 0.25) is 5.02 Å². The van der Waals surface area contributed by atoms with E-state index >= 15 is 0 Å². The van der Waals surface area contributed by atoms with Crippen LogP contribution in [0.25, 0.3) is 0 Å². The van der Waals surface area contributed by atoms with E-state index in [9.17, 15) is 4.79 Å². The van der Waals surface area contributed by atoms with Crippen LogP contribution in [0.4, 0.5) is 5.82 Å². The van der Waals surface area contributed by atoms with Crippen LogP contribution in [0.1, 0.15) is 38.4 Å². The lowest BCUT2D eigenvalue weighted by atomic mass is 10.1. The predicted octanol–water partition coefficient (Wildman–Crippen LogP) is 5.01. The summed E-state index contributed by atoms with van der Waals surface area (Å²) in [6, 6.07) is 17.6. The second-order valence-corrected chi connectivity index (χ2v) is 8.06. The van der Waals surface area contributed by atoms with Gasteiger partial charge in [0.25, 0.3) is 5.91 Å². The van der Waals surface area contributed by atoms with Gasteiger partial charge < -0.3 is 5.32 Å². The maximum Gasteiger partial charge on any atom is 0.256 e. The monoisotopic (exact) mass is 433 g/mol. The molecule has 2 heterocycles. The van der Waals surface area contributed by atoms with Gasteiger partial charge in [-0.3, -0.25) is 14.2 Å². The quantitative estimate of drug-likeness (QED) is 0.465. The minimum atomic E-state index is -0.193. The van der Waals surface area contributed by atoms with Crippen LogP contribution in [-0.4, -0.2) is 25.5 Å². The topological polar surface area (TPSA) is 64.7 Å². The molecule has 0 spiro atoms. The molecule has 6 nitrogen and oxygen atoms in total. The summed E-state index contributed by atoms with van der Waals surface area (Å²) in [4.78, 5) is 12.6. The molecular weight excluding hydrogens is 410 g/mol. The predicted molar refractivity (Wildman–Crippen MR) is 123 cm³/mol. The van der Waals surface area contributed by atoms with E-state index in [1.807, 2.05) is 41.5 Å². The van der Waals surface area contributed by atoms with Gasteiger partial charge in [0.15, 0.2) is 5.82 Å². The number of benzene rings is 2. The molecule has 0 atom stereocenters. The fraction of sp³-hybridized carbons (Fsp3) is 0.208. The first kappa shape index (κ1) is 20.9. The van der Waals surface area contributed by atoms with Crippen molar-refractivity contribution in [2.45, 2.75) is 33.9 Å². The highest BCUT2D eigenvalue weighted by molar-refractivity contribution is 6.31. The summed E-state index contributed by atoms with van der Waals surface area (Å²) < 4.78 is 3.68. The number of aromatic nitrogens is 4. The summed E-state index contributed by atoms with van der Waals surface area (Å²) in [5.41, 5.74) is 5.75. The van der Waals surface area contributed by atoms with E-state index in [2.05, 4.69) is 46.7 Å². The summed E-state index contributed by atoms with van der Waals surface area (Å²) in [5, 5.41) is 12.4. The lowest BCUT2D eigenvalue weighted by molar-refractivity contribution is 0.102. The van der Waals surface area contributed by atoms with Crippen molar-refractivity contribution in [2.24, 2.45) is 0 Å². The Morgan fingerprint density at radius 2 is 1.55 bits per heavy atom. The number of halogens is 1. The van der Waals surface area contributed by atoms with Crippen molar-refractivity contribution in [3.05, 3.63) is 99.5 Å². The lowest BCUT2D eigenvalue weighted by Crippen LogP contribution is -2.13. The van der Waals surface area contributed by atoms with Crippen LogP contribution in [0.3, 0.4) is 0 Å². The number of rotatable bonds is 6. The number of nitrogens with zero attached hydrogens (tertiary/aromatic N) is 4. The molecule has 2 aromatic carbocycles. The van der Waals surface area contributed by atoms with Crippen molar-refractivity contribution in [3.8, 4) is 0 Å². The highest BCUT2D eigenvalue weighted by Gasteiger charge is 2.11. The fourth-order valence-electron chi connectivity index (χ4n) is 3.35. The molecule has 1 N–H and O–H groups in total. The van der Waals surface area contributed by atoms with Gasteiger partial charge in [-0.15, -0.1) is 0 Å². The zero-order chi connectivity index (χ0) is 22.0. The number of carbonyl (C=O) groups excluding carboxylic acids is 1. The molecular formula is C24H24ClN5O. The Morgan fingerprint density at radius 1 is 0.903 bits per heavy atom. The summed E-state index contributed by atoms with van der Waals surface area (Å²) in [6.45, 7) is 7.15. The van der Waals surface area contributed by atoms with Gasteiger partial charge in [0, 0.05) is 17.8 Å². The van der Waals surface area contributed by atoms with Crippen molar-refractivity contribution in [1.29, 1.82) is 0 Å². The van der Waals surface area contributed by atoms with Crippen LogP contribution < -0.4 is 5.32 Å². The van der Waals surface area contributed by atoms with Crippen LogP contribution in [0.5, 0.6) is 0 Å². The molecule has 0 unspecified atom stereocenters. The summed E-state index contributed by atoms with van der Waals surface area (Å²) in [5.74, 6) is 0.333. The Labute approximate surface area is 186 Å². The van der Waals surface area contributed by atoms with Gasteiger partial charge in [-0.2, -0.15) is 10.2 Å². The number of amides is 1. The van der Waals surface area contributed by atoms with E-state index in [-0.39, 0.29) is 5.91 Å². The number of nitrogens with one attached hydrogen (secondary N) is 1. The fourth-order valence-corrected chi connectivity index (χ4v) is 3.48. The summed E-state index contributed by atoms with van der Waals surface area (Å²) in [6.07, 6.45) is 1.86. The van der Waals surface area contributed by atoms with Gasteiger partial charge in [-0.05, 0) is 44.0 Å². The van der Waals surface area contributed by atoms with Crippen LogP contribution in [0.15, 0.2) is 60.8 Å². The lowest BCUT2D eigenvalue weighted by Gasteiger charge is -2.07. The Morgan fingerprint density at radius 3 is 2.19 bits per heavy atom. The zero-order valence-electron chi connectivity index (χ0n) is 17.8. The maximum atomic E-state index is 12.6. The number of aryl methyl sites for hydroxylation is 2. The first-order valence-electron chi connectivity index (χ1n) is 10.1. The van der Waals surface area contributed by atoms with E-state index in [1.165, 1.54) is 5.56 Å². The van der Waals surface area contributed by atoms with Crippen molar-refractivity contribution in [1.82, 2.24) is 19.6 Å². The highest BCUT2D eigenvalue weighted by Crippen LogP contribution is 2.20. The maximum absolute atomic E-state index is 12.6. The van der Waals surface area contributed by atoms with E-state index in [0.29, 0.717) is 29.5 Å². The van der Waals surface area contributed by atoms with Crippen LogP contribution in [-0.2, 0) is 13.1 Å². The molecule has 4 rings (SSSR count). The smallest absolute Gasteiger partial charge is 0.256 e. The molecule has 0 fully saturated rings. The number of anilines is 1. The molecule has 158 valence electrons. The second kappa shape index (κ2) is 8.78. The Kier molecular flexibility index (Phi) is 5.91. The van der Waals surface area contributed by atoms with Gasteiger partial charge in [-0.1, -0.05) is 53.6 Å². The summed E-state index contributed by atoms with van der Waals surface area (Å²) >= 11 is 6.22. The Hall–Kier alpha value is -3.38. The third kappa shape index (κ3) is 4.86. The zero-order valence-corrected chi connectivity index (χ0v) is 18.5. The molecule has 0 saturated heterocycles. The standard InChI is InChI=1S/C24H24ClN5O/c1-16-4-6-19(7-5-16)14-29-13-12-22(28-29)26-24(31)21-10-8-20(9-11-21)15-30-18(3)23(25)17(2)27-30/h4-13H,14-15H2,1-3H3,(H,26,28,31). The molecule has 0 aliphatic carbocycles. The van der Waals surface area contributed by atoms with Crippen molar-refractivity contribution in [2.75, 3.05) is 5.32 Å². The van der Waals surface area contributed by atoms with Crippen molar-refractivity contribution < 1.29 is 4.79 Å².